The zero-order chi connectivity index (χ0) is 20.1. The van der Waals surface area contributed by atoms with Crippen LogP contribution >= 0.6 is 0 Å². The van der Waals surface area contributed by atoms with E-state index in [1.54, 1.807) is 37.7 Å². The van der Waals surface area contributed by atoms with E-state index >= 15 is 0 Å². The molecule has 0 fully saturated rings. The number of ether oxygens (including phenoxy) is 1. The van der Waals surface area contributed by atoms with Crippen LogP contribution in [-0.4, -0.2) is 34.1 Å². The molecule has 2 aromatic heterocycles. The number of benzene rings is 2. The Morgan fingerprint density at radius 1 is 1.07 bits per heavy atom. The SMILES string of the molecule is COc1ccc2c(ccn2CCNC(=O)c2cccc(Nc3ncccn3)c2)c1. The lowest BCUT2D eigenvalue weighted by molar-refractivity contribution is 0.0952. The van der Waals surface area contributed by atoms with Gasteiger partial charge in [0.25, 0.3) is 5.91 Å². The monoisotopic (exact) mass is 387 g/mol. The topological polar surface area (TPSA) is 81.1 Å². The first-order valence-electron chi connectivity index (χ1n) is 9.28. The summed E-state index contributed by atoms with van der Waals surface area (Å²) >= 11 is 0. The Morgan fingerprint density at radius 2 is 1.93 bits per heavy atom. The Labute approximate surface area is 168 Å². The van der Waals surface area contributed by atoms with E-state index in [2.05, 4.69) is 25.2 Å². The van der Waals surface area contributed by atoms with Crippen molar-refractivity contribution in [2.75, 3.05) is 19.0 Å². The van der Waals surface area contributed by atoms with E-state index in [1.165, 1.54) is 0 Å². The third-order valence-corrected chi connectivity index (χ3v) is 4.56. The predicted molar refractivity (Wildman–Crippen MR) is 113 cm³/mol. The summed E-state index contributed by atoms with van der Waals surface area (Å²) < 4.78 is 7.37. The fraction of sp³-hybridized carbons (Fsp3) is 0.136. The highest BCUT2D eigenvalue weighted by molar-refractivity contribution is 5.95. The lowest BCUT2D eigenvalue weighted by Crippen LogP contribution is -2.27. The maximum absolute atomic E-state index is 12.5. The molecule has 2 aromatic carbocycles. The molecule has 29 heavy (non-hydrogen) atoms. The number of carbonyl (C=O) groups is 1. The van der Waals surface area contributed by atoms with Crippen molar-refractivity contribution >= 4 is 28.4 Å². The average molecular weight is 387 g/mol. The van der Waals surface area contributed by atoms with Gasteiger partial charge in [0.1, 0.15) is 5.75 Å². The van der Waals surface area contributed by atoms with Gasteiger partial charge in [0, 0.05) is 53.8 Å². The van der Waals surface area contributed by atoms with Crippen LogP contribution in [0.4, 0.5) is 11.6 Å². The Balaban J connectivity index is 1.37. The van der Waals surface area contributed by atoms with Gasteiger partial charge in [-0.15, -0.1) is 0 Å². The zero-order valence-electron chi connectivity index (χ0n) is 16.0. The lowest BCUT2D eigenvalue weighted by Gasteiger charge is -2.10. The summed E-state index contributed by atoms with van der Waals surface area (Å²) in [5.74, 6) is 1.19. The molecular formula is C22H21N5O2. The van der Waals surface area contributed by atoms with Crippen LogP contribution in [-0.2, 0) is 6.54 Å². The van der Waals surface area contributed by atoms with Gasteiger partial charge in [-0.2, -0.15) is 0 Å². The molecule has 0 spiro atoms. The van der Waals surface area contributed by atoms with Crippen LogP contribution in [0.5, 0.6) is 5.75 Å². The van der Waals surface area contributed by atoms with Crippen molar-refractivity contribution in [2.45, 2.75) is 6.54 Å². The van der Waals surface area contributed by atoms with Crippen LogP contribution in [0, 0.1) is 0 Å². The van der Waals surface area contributed by atoms with Crippen LogP contribution in [0.1, 0.15) is 10.4 Å². The van der Waals surface area contributed by atoms with E-state index < -0.39 is 0 Å². The number of amides is 1. The maximum atomic E-state index is 12.5. The number of anilines is 2. The minimum atomic E-state index is -0.124. The van der Waals surface area contributed by atoms with Gasteiger partial charge in [0.05, 0.1) is 7.11 Å². The number of hydrogen-bond acceptors (Lipinski definition) is 5. The largest absolute Gasteiger partial charge is 0.497 e. The quantitative estimate of drug-likeness (QED) is 0.506. The van der Waals surface area contributed by atoms with E-state index in [0.29, 0.717) is 24.6 Å². The first-order valence-corrected chi connectivity index (χ1v) is 9.28. The van der Waals surface area contributed by atoms with Gasteiger partial charge in [-0.05, 0) is 48.5 Å². The Kier molecular flexibility index (Phi) is 5.38. The van der Waals surface area contributed by atoms with Gasteiger partial charge in [0.2, 0.25) is 5.95 Å². The standard InChI is InChI=1S/C22H21N5O2/c1-29-19-6-7-20-16(15-19)8-12-27(20)13-11-23-21(28)17-4-2-5-18(14-17)26-22-24-9-3-10-25-22/h2-10,12,14-15H,11,13H2,1H3,(H,23,28)(H,24,25,26). The molecule has 0 saturated carbocycles. The number of aromatic nitrogens is 3. The van der Waals surface area contributed by atoms with Crippen LogP contribution in [0.25, 0.3) is 10.9 Å². The minimum absolute atomic E-state index is 0.124. The van der Waals surface area contributed by atoms with Gasteiger partial charge in [-0.1, -0.05) is 6.07 Å². The van der Waals surface area contributed by atoms with Crippen molar-refractivity contribution in [1.29, 1.82) is 0 Å². The fourth-order valence-electron chi connectivity index (χ4n) is 3.12. The smallest absolute Gasteiger partial charge is 0.251 e. The molecule has 0 bridgehead atoms. The van der Waals surface area contributed by atoms with Crippen LogP contribution in [0.3, 0.4) is 0 Å². The number of nitrogens with zero attached hydrogens (tertiary/aromatic N) is 3. The molecular weight excluding hydrogens is 366 g/mol. The highest BCUT2D eigenvalue weighted by Crippen LogP contribution is 2.21. The third-order valence-electron chi connectivity index (χ3n) is 4.56. The molecule has 0 radical (unpaired) electrons. The number of hydrogen-bond donors (Lipinski definition) is 2. The van der Waals surface area contributed by atoms with E-state index in [-0.39, 0.29) is 5.91 Å². The third kappa shape index (κ3) is 4.35. The second kappa shape index (κ2) is 8.43. The Bertz CT molecular complexity index is 1120. The number of nitrogens with one attached hydrogen (secondary N) is 2. The van der Waals surface area contributed by atoms with Gasteiger partial charge >= 0.3 is 0 Å². The van der Waals surface area contributed by atoms with Crippen molar-refractivity contribution in [2.24, 2.45) is 0 Å². The highest BCUT2D eigenvalue weighted by Gasteiger charge is 2.08. The van der Waals surface area contributed by atoms with Gasteiger partial charge in [-0.25, -0.2) is 9.97 Å². The predicted octanol–water partition coefficient (Wildman–Crippen LogP) is 3.61. The second-order valence-corrected chi connectivity index (χ2v) is 6.47. The molecule has 0 aliphatic heterocycles. The number of carbonyl (C=O) groups excluding carboxylic acids is 1. The van der Waals surface area contributed by atoms with Crippen molar-refractivity contribution < 1.29 is 9.53 Å². The summed E-state index contributed by atoms with van der Waals surface area (Å²) in [5.41, 5.74) is 2.44. The second-order valence-electron chi connectivity index (χ2n) is 6.47. The first kappa shape index (κ1) is 18.5. The summed E-state index contributed by atoms with van der Waals surface area (Å²) in [6.45, 7) is 1.20. The Morgan fingerprint density at radius 3 is 2.76 bits per heavy atom. The molecule has 1 amide bonds. The molecule has 0 atom stereocenters. The maximum Gasteiger partial charge on any atom is 0.251 e. The number of fused-ring (bicyclic) bond motifs is 1. The average Bonchev–Trinajstić information content (AvgIpc) is 3.16. The van der Waals surface area contributed by atoms with Crippen molar-refractivity contribution in [3.05, 3.63) is 78.8 Å². The van der Waals surface area contributed by atoms with Gasteiger partial charge in [-0.3, -0.25) is 4.79 Å². The van der Waals surface area contributed by atoms with Crippen LogP contribution < -0.4 is 15.4 Å². The summed E-state index contributed by atoms with van der Waals surface area (Å²) in [5, 5.41) is 7.17. The molecule has 2 N–H and O–H groups in total. The van der Waals surface area contributed by atoms with Crippen LogP contribution in [0.15, 0.2) is 73.2 Å². The minimum Gasteiger partial charge on any atom is -0.497 e. The molecule has 146 valence electrons. The van der Waals surface area contributed by atoms with Crippen LogP contribution in [0.2, 0.25) is 0 Å². The molecule has 4 rings (SSSR count). The molecule has 7 heteroatoms. The molecule has 2 heterocycles. The molecule has 7 nitrogen and oxygen atoms in total. The molecule has 0 unspecified atom stereocenters. The van der Waals surface area contributed by atoms with E-state index in [4.69, 9.17) is 4.74 Å². The Hall–Kier alpha value is -3.87. The number of rotatable bonds is 7. The fourth-order valence-corrected chi connectivity index (χ4v) is 3.12. The molecule has 0 saturated heterocycles. The first-order chi connectivity index (χ1) is 14.2. The van der Waals surface area contributed by atoms with Crippen molar-refractivity contribution in [1.82, 2.24) is 19.9 Å². The van der Waals surface area contributed by atoms with E-state index in [9.17, 15) is 4.79 Å². The summed E-state index contributed by atoms with van der Waals surface area (Å²) in [6, 6.07) is 17.0. The van der Waals surface area contributed by atoms with Crippen molar-refractivity contribution in [3.63, 3.8) is 0 Å². The molecule has 0 aliphatic carbocycles. The van der Waals surface area contributed by atoms with E-state index in [1.807, 2.05) is 42.6 Å². The summed E-state index contributed by atoms with van der Waals surface area (Å²) in [6.07, 6.45) is 5.33. The summed E-state index contributed by atoms with van der Waals surface area (Å²) in [4.78, 5) is 20.8. The number of methoxy groups -OCH3 is 1. The lowest BCUT2D eigenvalue weighted by atomic mass is 10.2. The normalized spacial score (nSPS) is 10.7. The van der Waals surface area contributed by atoms with E-state index in [0.717, 1.165) is 22.3 Å². The van der Waals surface area contributed by atoms with Crippen molar-refractivity contribution in [3.8, 4) is 5.75 Å². The van der Waals surface area contributed by atoms with Gasteiger partial charge in [0.15, 0.2) is 0 Å². The molecule has 4 aromatic rings. The zero-order valence-corrected chi connectivity index (χ0v) is 16.0. The molecule has 0 aliphatic rings. The van der Waals surface area contributed by atoms with Gasteiger partial charge < -0.3 is 19.9 Å². The highest BCUT2D eigenvalue weighted by atomic mass is 16.5. The summed E-state index contributed by atoms with van der Waals surface area (Å²) in [7, 11) is 1.66.